The Bertz CT molecular complexity index is 1550. The van der Waals surface area contributed by atoms with Crippen LogP contribution in [0.3, 0.4) is 0 Å². The van der Waals surface area contributed by atoms with Gasteiger partial charge in [0.15, 0.2) is 0 Å². The molecule has 0 fully saturated rings. The van der Waals surface area contributed by atoms with Crippen LogP contribution in [0, 0.1) is 0 Å². The van der Waals surface area contributed by atoms with Gasteiger partial charge in [0.2, 0.25) is 0 Å². The van der Waals surface area contributed by atoms with Gasteiger partial charge in [-0.3, -0.25) is 19.2 Å². The summed E-state index contributed by atoms with van der Waals surface area (Å²) < 4.78 is 21.2. The van der Waals surface area contributed by atoms with Crippen LogP contribution in [-0.4, -0.2) is 23.9 Å². The van der Waals surface area contributed by atoms with Crippen molar-refractivity contribution in [3.8, 4) is 11.1 Å². The van der Waals surface area contributed by atoms with Gasteiger partial charge in [0.1, 0.15) is 26.4 Å². The Kier molecular flexibility index (Phi) is 14.2. The first-order chi connectivity index (χ1) is 22.9. The minimum Gasteiger partial charge on any atom is -0.461 e. The van der Waals surface area contributed by atoms with Gasteiger partial charge in [-0.1, -0.05) is 109 Å². The minimum atomic E-state index is -0.361. The van der Waals surface area contributed by atoms with Crippen molar-refractivity contribution in [2.45, 2.75) is 71.4 Å². The van der Waals surface area contributed by atoms with Gasteiger partial charge in [-0.2, -0.15) is 0 Å². The Morgan fingerprint density at radius 2 is 0.617 bits per heavy atom. The molecule has 0 bridgehead atoms. The topological polar surface area (TPSA) is 105 Å². The standard InChI is InChI=1S/C39H40O8/c40-36(44-26-30-10-3-1-4-11-30)14-7-8-15-37(41)46-28-32-18-22-34(23-19-32)35-24-20-33(21-25-35)29-47-39(43)17-9-16-38(42)45-27-31-12-5-2-6-13-31/h1-6,10-13,18-25H,7-9,14-17,26-29H2. The number of carbonyl (C=O) groups is 4. The monoisotopic (exact) mass is 636 g/mol. The van der Waals surface area contributed by atoms with E-state index in [1.54, 1.807) is 0 Å². The summed E-state index contributed by atoms with van der Waals surface area (Å²) in [4.78, 5) is 48.1. The Hall–Kier alpha value is -5.24. The third-order valence-corrected chi connectivity index (χ3v) is 7.30. The van der Waals surface area contributed by atoms with Crippen LogP contribution in [0.4, 0.5) is 0 Å². The molecule has 0 heterocycles. The number of ether oxygens (including phenoxy) is 4. The van der Waals surface area contributed by atoms with Crippen LogP contribution in [-0.2, 0) is 64.6 Å². The van der Waals surface area contributed by atoms with E-state index in [1.165, 1.54) is 0 Å². The molecule has 0 saturated heterocycles. The van der Waals surface area contributed by atoms with E-state index in [2.05, 4.69) is 0 Å². The molecular weight excluding hydrogens is 596 g/mol. The summed E-state index contributed by atoms with van der Waals surface area (Å²) in [6.45, 7) is 0.805. The van der Waals surface area contributed by atoms with Crippen molar-refractivity contribution in [3.63, 3.8) is 0 Å². The summed E-state index contributed by atoms with van der Waals surface area (Å²) in [6.07, 6.45) is 2.30. The van der Waals surface area contributed by atoms with Crippen LogP contribution in [0.15, 0.2) is 109 Å². The summed E-state index contributed by atoms with van der Waals surface area (Å²) >= 11 is 0. The summed E-state index contributed by atoms with van der Waals surface area (Å²) in [5.41, 5.74) is 5.59. The summed E-state index contributed by atoms with van der Waals surface area (Å²) in [7, 11) is 0. The summed E-state index contributed by atoms with van der Waals surface area (Å²) in [5, 5.41) is 0. The van der Waals surface area contributed by atoms with Gasteiger partial charge in [0.25, 0.3) is 0 Å². The molecule has 0 atom stereocenters. The molecule has 0 radical (unpaired) electrons. The summed E-state index contributed by atoms with van der Waals surface area (Å²) in [5.74, 6) is -1.28. The molecule has 244 valence electrons. The van der Waals surface area contributed by atoms with Gasteiger partial charge in [-0.15, -0.1) is 0 Å². The zero-order chi connectivity index (χ0) is 33.1. The molecule has 4 aromatic carbocycles. The van der Waals surface area contributed by atoms with Crippen LogP contribution in [0.1, 0.15) is 67.2 Å². The van der Waals surface area contributed by atoms with Crippen molar-refractivity contribution >= 4 is 23.9 Å². The van der Waals surface area contributed by atoms with E-state index in [4.69, 9.17) is 18.9 Å². The molecule has 0 amide bonds. The first-order valence-corrected chi connectivity index (χ1v) is 15.8. The molecule has 0 N–H and O–H groups in total. The first-order valence-electron chi connectivity index (χ1n) is 15.8. The predicted octanol–water partition coefficient (Wildman–Crippen LogP) is 7.66. The van der Waals surface area contributed by atoms with Crippen molar-refractivity contribution in [3.05, 3.63) is 131 Å². The molecule has 8 heteroatoms. The average molecular weight is 637 g/mol. The molecule has 0 aliphatic heterocycles. The maximum Gasteiger partial charge on any atom is 0.306 e. The molecule has 4 rings (SSSR count). The number of unbranched alkanes of at least 4 members (excludes halogenated alkanes) is 1. The minimum absolute atomic E-state index is 0.145. The smallest absolute Gasteiger partial charge is 0.306 e. The van der Waals surface area contributed by atoms with E-state index in [9.17, 15) is 19.2 Å². The maximum atomic E-state index is 12.1. The zero-order valence-corrected chi connectivity index (χ0v) is 26.4. The fourth-order valence-electron chi connectivity index (χ4n) is 4.60. The first kappa shape index (κ1) is 34.6. The maximum absolute atomic E-state index is 12.1. The molecule has 8 nitrogen and oxygen atoms in total. The average Bonchev–Trinajstić information content (AvgIpc) is 3.11. The van der Waals surface area contributed by atoms with E-state index in [0.717, 1.165) is 33.4 Å². The highest BCUT2D eigenvalue weighted by Gasteiger charge is 2.10. The SMILES string of the molecule is O=C(CCCCC(=O)OCc1ccc(-c2ccc(COC(=O)CCCC(=O)OCc3ccccc3)cc2)cc1)OCc1ccccc1. The van der Waals surface area contributed by atoms with E-state index in [1.807, 2.05) is 109 Å². The van der Waals surface area contributed by atoms with E-state index >= 15 is 0 Å². The Morgan fingerprint density at radius 3 is 0.936 bits per heavy atom. The highest BCUT2D eigenvalue weighted by Crippen LogP contribution is 2.21. The van der Waals surface area contributed by atoms with Gasteiger partial charge in [-0.05, 0) is 52.6 Å². The summed E-state index contributed by atoms with van der Waals surface area (Å²) in [6, 6.07) is 34.4. The van der Waals surface area contributed by atoms with Crippen LogP contribution >= 0.6 is 0 Å². The molecule has 47 heavy (non-hydrogen) atoms. The lowest BCUT2D eigenvalue weighted by Crippen LogP contribution is -2.08. The molecule has 0 saturated carbocycles. The molecule has 0 aliphatic carbocycles. The number of rotatable bonds is 18. The van der Waals surface area contributed by atoms with Gasteiger partial charge in [0.05, 0.1) is 0 Å². The van der Waals surface area contributed by atoms with Crippen molar-refractivity contribution < 1.29 is 38.1 Å². The number of carbonyl (C=O) groups excluding carboxylic acids is 4. The third kappa shape index (κ3) is 13.3. The van der Waals surface area contributed by atoms with E-state index < -0.39 is 0 Å². The van der Waals surface area contributed by atoms with E-state index in [0.29, 0.717) is 19.3 Å². The predicted molar refractivity (Wildman–Crippen MR) is 176 cm³/mol. The fraction of sp³-hybridized carbons (Fsp3) is 0.282. The highest BCUT2D eigenvalue weighted by molar-refractivity contribution is 5.73. The zero-order valence-electron chi connectivity index (χ0n) is 26.4. The molecule has 0 spiro atoms. The Labute approximate surface area is 275 Å². The number of hydrogen-bond acceptors (Lipinski definition) is 8. The second-order valence-electron chi connectivity index (χ2n) is 11.1. The van der Waals surface area contributed by atoms with Crippen LogP contribution < -0.4 is 0 Å². The largest absolute Gasteiger partial charge is 0.461 e. The number of esters is 4. The van der Waals surface area contributed by atoms with Crippen LogP contribution in [0.2, 0.25) is 0 Å². The van der Waals surface area contributed by atoms with Crippen molar-refractivity contribution in [2.75, 3.05) is 0 Å². The lowest BCUT2D eigenvalue weighted by Gasteiger charge is -2.08. The Balaban J connectivity index is 1.06. The van der Waals surface area contributed by atoms with Crippen molar-refractivity contribution in [1.82, 2.24) is 0 Å². The van der Waals surface area contributed by atoms with Crippen molar-refractivity contribution in [1.29, 1.82) is 0 Å². The molecule has 4 aromatic rings. The second-order valence-corrected chi connectivity index (χ2v) is 11.1. The molecular formula is C39H40O8. The van der Waals surface area contributed by atoms with Gasteiger partial charge in [-0.25, -0.2) is 0 Å². The highest BCUT2D eigenvalue weighted by atomic mass is 16.5. The van der Waals surface area contributed by atoms with Gasteiger partial charge in [0, 0.05) is 25.7 Å². The van der Waals surface area contributed by atoms with Gasteiger partial charge < -0.3 is 18.9 Å². The van der Waals surface area contributed by atoms with Crippen LogP contribution in [0.25, 0.3) is 11.1 Å². The van der Waals surface area contributed by atoms with Crippen molar-refractivity contribution in [2.24, 2.45) is 0 Å². The number of hydrogen-bond donors (Lipinski definition) is 0. The fourth-order valence-corrected chi connectivity index (χ4v) is 4.60. The normalized spacial score (nSPS) is 10.6. The lowest BCUT2D eigenvalue weighted by molar-refractivity contribution is -0.147. The lowest BCUT2D eigenvalue weighted by atomic mass is 10.0. The molecule has 0 aliphatic rings. The molecule has 0 unspecified atom stereocenters. The Morgan fingerprint density at radius 1 is 0.340 bits per heavy atom. The van der Waals surface area contributed by atoms with Crippen LogP contribution in [0.5, 0.6) is 0 Å². The van der Waals surface area contributed by atoms with Gasteiger partial charge >= 0.3 is 23.9 Å². The van der Waals surface area contributed by atoms with E-state index in [-0.39, 0.29) is 76.0 Å². The third-order valence-electron chi connectivity index (χ3n) is 7.30. The number of benzene rings is 4. The quantitative estimate of drug-likeness (QED) is 0.0623. The second kappa shape index (κ2) is 19.3. The molecule has 0 aromatic heterocycles.